The van der Waals surface area contributed by atoms with Crippen LogP contribution in [0, 0.1) is 0 Å². The maximum Gasteiger partial charge on any atom is 0.240 e. The minimum Gasteiger partial charge on any atom is -0.366 e. The molecule has 0 unspecified atom stereocenters. The molecule has 6 heteroatoms. The van der Waals surface area contributed by atoms with Crippen molar-refractivity contribution in [3.05, 3.63) is 4.73 Å². The molecule has 2 N–H and O–H groups in total. The number of hydrogen-bond donors (Lipinski definition) is 1. The first-order valence-corrected chi connectivity index (χ1v) is 3.38. The number of hydrogen-bond acceptors (Lipinski definition) is 4. The van der Waals surface area contributed by atoms with E-state index in [9.17, 15) is 0 Å². The van der Waals surface area contributed by atoms with E-state index in [1.807, 2.05) is 0 Å². The zero-order valence-electron chi connectivity index (χ0n) is 5.41. The predicted molar refractivity (Wildman–Crippen MR) is 39.1 cm³/mol. The summed E-state index contributed by atoms with van der Waals surface area (Å²) in [4.78, 5) is 3.80. The third-order valence-corrected chi connectivity index (χ3v) is 1.48. The number of aromatic nitrogens is 3. The van der Waals surface area contributed by atoms with E-state index in [-0.39, 0.29) is 5.95 Å². The van der Waals surface area contributed by atoms with Crippen LogP contribution in [0.15, 0.2) is 4.73 Å². The van der Waals surface area contributed by atoms with Crippen molar-refractivity contribution in [1.29, 1.82) is 0 Å². The lowest BCUT2D eigenvalue weighted by atomic mass is 11.1. The van der Waals surface area contributed by atoms with E-state index in [0.29, 0.717) is 11.5 Å². The summed E-state index contributed by atoms with van der Waals surface area (Å²) in [5, 5.41) is 3.81. The number of rotatable bonds is 2. The Balaban J connectivity index is 2.81. The third-order valence-electron chi connectivity index (χ3n) is 0.894. The third kappa shape index (κ3) is 1.45. The summed E-state index contributed by atoms with van der Waals surface area (Å²) < 4.78 is 6.88. The summed E-state index contributed by atoms with van der Waals surface area (Å²) in [6.07, 6.45) is 0. The van der Waals surface area contributed by atoms with E-state index in [4.69, 9.17) is 10.5 Å². The van der Waals surface area contributed by atoms with Gasteiger partial charge in [0.2, 0.25) is 5.95 Å². The van der Waals surface area contributed by atoms with Crippen molar-refractivity contribution >= 4 is 21.9 Å². The number of ether oxygens (including phenoxy) is 1. The fourth-order valence-corrected chi connectivity index (χ4v) is 0.907. The average molecular weight is 207 g/mol. The lowest BCUT2D eigenvalue weighted by Crippen LogP contribution is -2.02. The average Bonchev–Trinajstić information content (AvgIpc) is 2.13. The number of nitrogens with zero attached hydrogens (tertiary/aromatic N) is 3. The van der Waals surface area contributed by atoms with Crippen molar-refractivity contribution in [3.8, 4) is 0 Å². The molecule has 0 fully saturated rings. The lowest BCUT2D eigenvalue weighted by molar-refractivity contribution is 0.118. The van der Waals surface area contributed by atoms with Gasteiger partial charge in [-0.05, 0) is 15.9 Å². The smallest absolute Gasteiger partial charge is 0.240 e. The van der Waals surface area contributed by atoms with Crippen LogP contribution in [0.4, 0.5) is 5.95 Å². The summed E-state index contributed by atoms with van der Waals surface area (Å²) in [5.74, 6) is 0.240. The van der Waals surface area contributed by atoms with E-state index in [2.05, 4.69) is 26.0 Å². The topological polar surface area (TPSA) is 66.0 Å². The van der Waals surface area contributed by atoms with Crippen molar-refractivity contribution in [2.75, 3.05) is 12.8 Å². The van der Waals surface area contributed by atoms with Gasteiger partial charge in [-0.2, -0.15) is 4.98 Å². The van der Waals surface area contributed by atoms with Crippen LogP contribution >= 0.6 is 15.9 Å². The molecule has 1 aromatic rings. The molecular formula is C4H7BrN4O. The second-order valence-corrected chi connectivity index (χ2v) is 2.37. The molecule has 5 nitrogen and oxygen atoms in total. The van der Waals surface area contributed by atoms with Gasteiger partial charge < -0.3 is 10.5 Å². The Morgan fingerprint density at radius 3 is 2.90 bits per heavy atom. The lowest BCUT2D eigenvalue weighted by Gasteiger charge is -1.96. The highest BCUT2D eigenvalue weighted by Gasteiger charge is 2.01. The molecule has 0 saturated carbocycles. The van der Waals surface area contributed by atoms with Gasteiger partial charge in [-0.3, -0.25) is 0 Å². The highest BCUT2D eigenvalue weighted by Crippen LogP contribution is 2.06. The minimum atomic E-state index is 0.240. The number of nitrogens with two attached hydrogens (primary N) is 1. The molecule has 0 atom stereocenters. The van der Waals surface area contributed by atoms with E-state index >= 15 is 0 Å². The first kappa shape index (κ1) is 7.49. The maximum atomic E-state index is 5.28. The van der Waals surface area contributed by atoms with E-state index in [1.54, 1.807) is 7.11 Å². The molecule has 10 heavy (non-hydrogen) atoms. The molecule has 0 aromatic carbocycles. The van der Waals surface area contributed by atoms with E-state index in [1.165, 1.54) is 4.68 Å². The zero-order chi connectivity index (χ0) is 7.56. The van der Waals surface area contributed by atoms with Crippen molar-refractivity contribution < 1.29 is 4.74 Å². The summed E-state index contributed by atoms with van der Waals surface area (Å²) in [7, 11) is 1.57. The van der Waals surface area contributed by atoms with Crippen LogP contribution in [0.2, 0.25) is 0 Å². The van der Waals surface area contributed by atoms with E-state index in [0.717, 1.165) is 0 Å². The summed E-state index contributed by atoms with van der Waals surface area (Å²) in [6.45, 7) is 0.352. The molecule has 1 heterocycles. The highest BCUT2D eigenvalue weighted by atomic mass is 79.9. The second-order valence-electron chi connectivity index (χ2n) is 1.66. The Morgan fingerprint density at radius 1 is 1.80 bits per heavy atom. The quantitative estimate of drug-likeness (QED) is 0.753. The molecule has 1 rings (SSSR count). The van der Waals surface area contributed by atoms with Crippen LogP contribution in [0.1, 0.15) is 0 Å². The van der Waals surface area contributed by atoms with Crippen LogP contribution in [-0.2, 0) is 11.5 Å². The van der Waals surface area contributed by atoms with Crippen LogP contribution in [0.25, 0.3) is 0 Å². The Bertz CT molecular complexity index is 223. The SMILES string of the molecule is COCn1nc(N)nc1Br. The monoisotopic (exact) mass is 206 g/mol. The molecule has 1 aromatic heterocycles. The molecule has 0 aliphatic carbocycles. The molecule has 0 spiro atoms. The van der Waals surface area contributed by atoms with E-state index < -0.39 is 0 Å². The summed E-state index contributed by atoms with van der Waals surface area (Å²) >= 11 is 3.15. The van der Waals surface area contributed by atoms with Gasteiger partial charge in [0.1, 0.15) is 6.73 Å². The predicted octanol–water partition coefficient (Wildman–Crippen LogP) is 0.227. The minimum absolute atomic E-state index is 0.240. The van der Waals surface area contributed by atoms with Crippen LogP contribution in [0.3, 0.4) is 0 Å². The van der Waals surface area contributed by atoms with Crippen molar-refractivity contribution in [2.45, 2.75) is 6.73 Å². The normalized spacial score (nSPS) is 10.2. The number of methoxy groups -OCH3 is 1. The van der Waals surface area contributed by atoms with Gasteiger partial charge in [0.15, 0.2) is 4.73 Å². The van der Waals surface area contributed by atoms with Crippen molar-refractivity contribution in [1.82, 2.24) is 14.8 Å². The van der Waals surface area contributed by atoms with Crippen LogP contribution in [0.5, 0.6) is 0 Å². The van der Waals surface area contributed by atoms with Gasteiger partial charge in [-0.25, -0.2) is 4.68 Å². The Morgan fingerprint density at radius 2 is 2.50 bits per heavy atom. The Labute approximate surface area is 66.3 Å². The van der Waals surface area contributed by atoms with Gasteiger partial charge in [0, 0.05) is 7.11 Å². The number of halogens is 1. The van der Waals surface area contributed by atoms with Crippen LogP contribution in [-0.4, -0.2) is 21.9 Å². The van der Waals surface area contributed by atoms with Gasteiger partial charge in [0.05, 0.1) is 0 Å². The highest BCUT2D eigenvalue weighted by molar-refractivity contribution is 9.10. The fourth-order valence-electron chi connectivity index (χ4n) is 0.544. The van der Waals surface area contributed by atoms with Crippen molar-refractivity contribution in [2.24, 2.45) is 0 Å². The summed E-state index contributed by atoms with van der Waals surface area (Å²) in [6, 6.07) is 0. The standard InChI is InChI=1S/C4H7BrN4O/c1-10-2-9-3(5)7-4(6)8-9/h2H2,1H3,(H2,6,8). The molecule has 0 bridgehead atoms. The van der Waals surface area contributed by atoms with Gasteiger partial charge in [0.25, 0.3) is 0 Å². The molecule has 0 radical (unpaired) electrons. The van der Waals surface area contributed by atoms with Gasteiger partial charge in [-0.1, -0.05) is 0 Å². The molecule has 56 valence electrons. The molecule has 0 aliphatic rings. The van der Waals surface area contributed by atoms with Crippen LogP contribution < -0.4 is 5.73 Å². The Kier molecular flexibility index (Phi) is 2.23. The zero-order valence-corrected chi connectivity index (χ0v) is 7.00. The first-order chi connectivity index (χ1) is 4.74. The van der Waals surface area contributed by atoms with Crippen molar-refractivity contribution in [3.63, 3.8) is 0 Å². The number of nitrogen functional groups attached to an aromatic ring is 1. The largest absolute Gasteiger partial charge is 0.366 e. The first-order valence-electron chi connectivity index (χ1n) is 2.59. The molecule has 0 aliphatic heterocycles. The molecule has 0 amide bonds. The number of anilines is 1. The van der Waals surface area contributed by atoms with Gasteiger partial charge in [-0.15, -0.1) is 5.10 Å². The second kappa shape index (κ2) is 2.98. The van der Waals surface area contributed by atoms with Gasteiger partial charge >= 0.3 is 0 Å². The maximum absolute atomic E-state index is 5.28. The molecule has 0 saturated heterocycles. The summed E-state index contributed by atoms with van der Waals surface area (Å²) in [5.41, 5.74) is 5.28. The Hall–Kier alpha value is -0.620. The molecular weight excluding hydrogens is 200 g/mol. The fraction of sp³-hybridized carbons (Fsp3) is 0.500.